The minimum absolute atomic E-state index is 0.0640. The van der Waals surface area contributed by atoms with Gasteiger partial charge in [-0.1, -0.05) is 0 Å². The smallest absolute Gasteiger partial charge is 0.490 e. The van der Waals surface area contributed by atoms with Crippen LogP contribution in [0.4, 0.5) is 0 Å². The highest BCUT2D eigenvalue weighted by Gasteiger charge is 2.53. The second-order valence-corrected chi connectivity index (χ2v) is 8.70. The fourth-order valence-corrected chi connectivity index (χ4v) is 3.46. The molecule has 1 aliphatic carbocycles. The number of rotatable bonds is 1. The highest BCUT2D eigenvalue weighted by molar-refractivity contribution is 6.62. The minimum atomic E-state index is -0.486. The van der Waals surface area contributed by atoms with Gasteiger partial charge in [-0.3, -0.25) is 4.79 Å². The lowest BCUT2D eigenvalue weighted by atomic mass is 9.74. The maximum atomic E-state index is 12.8. The van der Waals surface area contributed by atoms with Crippen LogP contribution < -0.4 is 15.5 Å². The molecule has 25 heavy (non-hydrogen) atoms. The molecule has 0 radical (unpaired) electrons. The highest BCUT2D eigenvalue weighted by Crippen LogP contribution is 2.41. The lowest BCUT2D eigenvalue weighted by molar-refractivity contribution is 0.00578. The summed E-state index contributed by atoms with van der Waals surface area (Å²) in [5, 5.41) is 3.14. The van der Waals surface area contributed by atoms with Gasteiger partial charge >= 0.3 is 7.12 Å². The Hall–Kier alpha value is -1.53. The van der Waals surface area contributed by atoms with Crippen LogP contribution in [0.1, 0.15) is 62.0 Å². The molecule has 2 fully saturated rings. The number of hydrogen-bond acceptors (Lipinski definition) is 4. The zero-order chi connectivity index (χ0) is 18.2. The van der Waals surface area contributed by atoms with Gasteiger partial charge in [0.05, 0.1) is 22.3 Å². The van der Waals surface area contributed by atoms with E-state index in [4.69, 9.17) is 14.0 Å². The molecule has 5 nitrogen and oxygen atoms in total. The Morgan fingerprint density at radius 3 is 2.20 bits per heavy atom. The summed E-state index contributed by atoms with van der Waals surface area (Å²) < 4.78 is 18.4. The van der Waals surface area contributed by atoms with Crippen LogP contribution in [0.5, 0.6) is 5.75 Å². The van der Waals surface area contributed by atoms with E-state index in [0.29, 0.717) is 17.9 Å². The van der Waals surface area contributed by atoms with Crippen molar-refractivity contribution in [2.45, 2.75) is 71.1 Å². The molecule has 0 unspecified atom stereocenters. The van der Waals surface area contributed by atoms with Crippen LogP contribution in [-0.2, 0) is 9.31 Å². The molecule has 1 spiro atoms. The first-order chi connectivity index (χ1) is 11.6. The van der Waals surface area contributed by atoms with Crippen molar-refractivity contribution in [1.29, 1.82) is 0 Å². The molecule has 1 amide bonds. The lowest BCUT2D eigenvalue weighted by Crippen LogP contribution is -2.41. The maximum Gasteiger partial charge on any atom is 0.495 e. The van der Waals surface area contributed by atoms with Crippen molar-refractivity contribution in [1.82, 2.24) is 5.32 Å². The largest absolute Gasteiger partial charge is 0.495 e. The molecule has 1 saturated carbocycles. The molecule has 134 valence electrons. The minimum Gasteiger partial charge on any atom is -0.490 e. The number of amides is 1. The van der Waals surface area contributed by atoms with E-state index >= 15 is 0 Å². The van der Waals surface area contributed by atoms with Crippen LogP contribution in [0.2, 0.25) is 0 Å². The molecule has 0 aromatic heterocycles. The van der Waals surface area contributed by atoms with Crippen LogP contribution >= 0.6 is 0 Å². The predicted octanol–water partition coefficient (Wildman–Crippen LogP) is 2.26. The van der Waals surface area contributed by atoms with Crippen molar-refractivity contribution >= 4 is 18.5 Å². The van der Waals surface area contributed by atoms with Crippen molar-refractivity contribution < 1.29 is 18.8 Å². The number of carbonyl (C=O) groups excluding carboxylic acids is 1. The standard InChI is InChI=1S/C19H26BNO4/c1-11-12(2)15-13(16(22)21-19(7-8-19)10-23-15)9-14(11)20-24-17(3,4)18(5,6)25-20/h9H,7-8,10H2,1-6H3,(H,21,22). The van der Waals surface area contributed by atoms with Gasteiger partial charge < -0.3 is 19.4 Å². The van der Waals surface area contributed by atoms with E-state index in [9.17, 15) is 4.79 Å². The Labute approximate surface area is 149 Å². The van der Waals surface area contributed by atoms with Gasteiger partial charge in [0, 0.05) is 0 Å². The van der Waals surface area contributed by atoms with Crippen molar-refractivity contribution in [3.63, 3.8) is 0 Å². The van der Waals surface area contributed by atoms with Crippen LogP contribution in [0, 0.1) is 13.8 Å². The molecule has 0 bridgehead atoms. The zero-order valence-corrected chi connectivity index (χ0v) is 15.9. The first kappa shape index (κ1) is 16.9. The monoisotopic (exact) mass is 343 g/mol. The van der Waals surface area contributed by atoms with Crippen LogP contribution in [0.25, 0.3) is 0 Å². The highest BCUT2D eigenvalue weighted by atomic mass is 16.7. The summed E-state index contributed by atoms with van der Waals surface area (Å²) in [5.41, 5.74) is 2.52. The fraction of sp³-hybridized carbons (Fsp3) is 0.632. The number of benzene rings is 1. The van der Waals surface area contributed by atoms with E-state index in [1.165, 1.54) is 0 Å². The Morgan fingerprint density at radius 2 is 1.64 bits per heavy atom. The normalized spacial score (nSPS) is 25.2. The fourth-order valence-electron chi connectivity index (χ4n) is 3.46. The second-order valence-electron chi connectivity index (χ2n) is 8.70. The van der Waals surface area contributed by atoms with E-state index in [0.717, 1.165) is 29.4 Å². The van der Waals surface area contributed by atoms with Gasteiger partial charge in [0.15, 0.2) is 0 Å². The van der Waals surface area contributed by atoms with Gasteiger partial charge in [-0.25, -0.2) is 0 Å². The molecule has 0 atom stereocenters. The number of ether oxygens (including phenoxy) is 1. The molecule has 1 aromatic rings. The average molecular weight is 343 g/mol. The predicted molar refractivity (Wildman–Crippen MR) is 96.6 cm³/mol. The van der Waals surface area contributed by atoms with Crippen LogP contribution in [0.15, 0.2) is 6.07 Å². The van der Waals surface area contributed by atoms with Gasteiger partial charge in [0.1, 0.15) is 12.4 Å². The molecule has 3 aliphatic rings. The number of nitrogens with one attached hydrogen (secondary N) is 1. The van der Waals surface area contributed by atoms with Gasteiger partial charge in [0.2, 0.25) is 0 Å². The molecule has 4 rings (SSSR count). The first-order valence-corrected chi connectivity index (χ1v) is 9.00. The first-order valence-electron chi connectivity index (χ1n) is 9.00. The third-order valence-corrected chi connectivity index (χ3v) is 6.36. The van der Waals surface area contributed by atoms with E-state index < -0.39 is 18.3 Å². The van der Waals surface area contributed by atoms with Crippen molar-refractivity contribution in [3.05, 3.63) is 22.8 Å². The van der Waals surface area contributed by atoms with Crippen LogP contribution in [-0.4, -0.2) is 36.4 Å². The summed E-state index contributed by atoms with van der Waals surface area (Å²) in [6, 6.07) is 1.89. The molecule has 1 N–H and O–H groups in total. The number of carbonyl (C=O) groups is 1. The summed E-state index contributed by atoms with van der Waals surface area (Å²) >= 11 is 0. The molecule has 6 heteroatoms. The summed E-state index contributed by atoms with van der Waals surface area (Å²) in [4.78, 5) is 12.8. The van der Waals surface area contributed by atoms with E-state index in [-0.39, 0.29) is 11.4 Å². The maximum absolute atomic E-state index is 12.8. The quantitative estimate of drug-likeness (QED) is 0.795. The third-order valence-electron chi connectivity index (χ3n) is 6.36. The Kier molecular flexibility index (Phi) is 3.39. The van der Waals surface area contributed by atoms with Crippen LogP contribution in [0.3, 0.4) is 0 Å². The summed E-state index contributed by atoms with van der Waals surface area (Å²) in [5.74, 6) is 0.630. The third kappa shape index (κ3) is 2.49. The molecule has 1 saturated heterocycles. The molecule has 1 aromatic carbocycles. The van der Waals surface area contributed by atoms with Crippen molar-refractivity contribution in [2.24, 2.45) is 0 Å². The van der Waals surface area contributed by atoms with E-state index in [2.05, 4.69) is 5.32 Å². The Balaban J connectivity index is 1.77. The van der Waals surface area contributed by atoms with Crippen molar-refractivity contribution in [3.8, 4) is 5.75 Å². The van der Waals surface area contributed by atoms with E-state index in [1.807, 2.05) is 47.6 Å². The average Bonchev–Trinajstić information content (AvgIpc) is 3.23. The zero-order valence-electron chi connectivity index (χ0n) is 15.9. The molecule has 2 heterocycles. The molecular formula is C19H26BNO4. The Morgan fingerprint density at radius 1 is 1.04 bits per heavy atom. The number of hydrogen-bond donors (Lipinski definition) is 1. The van der Waals surface area contributed by atoms with Gasteiger partial charge in [0.25, 0.3) is 5.91 Å². The van der Waals surface area contributed by atoms with Crippen molar-refractivity contribution in [2.75, 3.05) is 6.61 Å². The van der Waals surface area contributed by atoms with Gasteiger partial charge in [-0.2, -0.15) is 0 Å². The second kappa shape index (κ2) is 5.01. The summed E-state index contributed by atoms with van der Waals surface area (Å²) in [6.07, 6.45) is 1.96. The SMILES string of the molecule is Cc1c(B2OC(C)(C)C(C)(C)O2)cc2c(c1C)OCC1(CC1)NC2=O. The van der Waals surface area contributed by atoms with Gasteiger partial charge in [-0.05, 0) is 77.0 Å². The summed E-state index contributed by atoms with van der Waals surface area (Å²) in [7, 11) is -0.486. The van der Waals surface area contributed by atoms with E-state index in [1.54, 1.807) is 0 Å². The lowest BCUT2D eigenvalue weighted by Gasteiger charge is -2.32. The Bertz CT molecular complexity index is 751. The summed E-state index contributed by atoms with van der Waals surface area (Å²) in [6.45, 7) is 12.7. The topological polar surface area (TPSA) is 56.8 Å². The van der Waals surface area contributed by atoms with Gasteiger partial charge in [-0.15, -0.1) is 0 Å². The molecule has 2 aliphatic heterocycles. The number of fused-ring (bicyclic) bond motifs is 1. The molecular weight excluding hydrogens is 317 g/mol.